The predicted molar refractivity (Wildman–Crippen MR) is 134 cm³/mol. The van der Waals surface area contributed by atoms with Gasteiger partial charge in [-0.15, -0.1) is 0 Å². The molecule has 4 rings (SSSR count). The fourth-order valence-corrected chi connectivity index (χ4v) is 4.41. The van der Waals surface area contributed by atoms with E-state index >= 15 is 0 Å². The normalized spacial score (nSPS) is 12.1. The number of amides is 1. The molecule has 0 aliphatic rings. The minimum absolute atomic E-state index is 0.136. The average Bonchev–Trinajstić information content (AvgIpc) is 3.38. The number of hydrogen-bond donors (Lipinski definition) is 0. The van der Waals surface area contributed by atoms with Crippen LogP contribution in [0.5, 0.6) is 0 Å². The molecule has 0 bridgehead atoms. The Bertz CT molecular complexity index is 1320. The molecule has 4 aromatic rings. The summed E-state index contributed by atoms with van der Waals surface area (Å²) in [5.41, 5.74) is 2.28. The van der Waals surface area contributed by atoms with Crippen LogP contribution < -0.4 is 5.56 Å². The number of unbranched alkanes of at least 4 members (excludes halogenated alkanes) is 2. The molecule has 0 aliphatic carbocycles. The maximum atomic E-state index is 13.8. The average molecular weight is 458 g/mol. The van der Waals surface area contributed by atoms with Crippen molar-refractivity contribution in [3.63, 3.8) is 0 Å². The van der Waals surface area contributed by atoms with E-state index in [4.69, 9.17) is 9.40 Å². The van der Waals surface area contributed by atoms with Crippen LogP contribution in [0.2, 0.25) is 0 Å². The van der Waals surface area contributed by atoms with E-state index in [1.165, 1.54) is 6.26 Å². The lowest BCUT2D eigenvalue weighted by Crippen LogP contribution is -2.39. The lowest BCUT2D eigenvalue weighted by atomic mass is 10.1. The number of hydrogen-bond acceptors (Lipinski definition) is 4. The molecule has 0 aliphatic heterocycles. The minimum Gasteiger partial charge on any atom is -0.459 e. The highest BCUT2D eigenvalue weighted by molar-refractivity contribution is 5.91. The van der Waals surface area contributed by atoms with Gasteiger partial charge < -0.3 is 9.32 Å². The third kappa shape index (κ3) is 4.67. The molecule has 176 valence electrons. The van der Waals surface area contributed by atoms with Crippen LogP contribution in [0, 0.1) is 6.92 Å². The Kier molecular flexibility index (Phi) is 7.26. The summed E-state index contributed by atoms with van der Waals surface area (Å²) in [5, 5.41) is 0.553. The van der Waals surface area contributed by atoms with E-state index in [1.54, 1.807) is 22.8 Å². The number of aryl methyl sites for hydroxylation is 1. The fraction of sp³-hybridized carbons (Fsp3) is 0.321. The lowest BCUT2D eigenvalue weighted by Gasteiger charge is -2.32. The molecule has 0 spiro atoms. The Hall–Kier alpha value is -3.67. The van der Waals surface area contributed by atoms with Gasteiger partial charge in [0.25, 0.3) is 11.5 Å². The maximum Gasteiger partial charge on any atom is 0.290 e. The van der Waals surface area contributed by atoms with Crippen molar-refractivity contribution in [3.8, 4) is 5.69 Å². The van der Waals surface area contributed by atoms with Gasteiger partial charge in [-0.2, -0.15) is 0 Å². The van der Waals surface area contributed by atoms with Crippen molar-refractivity contribution < 1.29 is 9.21 Å². The SMILES string of the molecule is CCCCCN(C(=O)c1ccco1)C(CC)c1nc2ccccc2c(=O)n1-c1cccc(C)c1. The molecule has 0 N–H and O–H groups in total. The van der Waals surface area contributed by atoms with E-state index in [9.17, 15) is 9.59 Å². The van der Waals surface area contributed by atoms with Crippen molar-refractivity contribution in [1.29, 1.82) is 0 Å². The van der Waals surface area contributed by atoms with Crippen molar-refractivity contribution in [2.75, 3.05) is 6.54 Å². The van der Waals surface area contributed by atoms with E-state index < -0.39 is 6.04 Å². The number of furan rings is 1. The minimum atomic E-state index is -0.396. The Morgan fingerprint density at radius 2 is 1.88 bits per heavy atom. The molecular formula is C28H31N3O3. The third-order valence-corrected chi connectivity index (χ3v) is 6.12. The smallest absolute Gasteiger partial charge is 0.290 e. The molecule has 2 aromatic heterocycles. The van der Waals surface area contributed by atoms with E-state index in [0.29, 0.717) is 35.5 Å². The molecule has 0 saturated carbocycles. The Labute approximate surface area is 199 Å². The monoisotopic (exact) mass is 457 g/mol. The first-order chi connectivity index (χ1) is 16.5. The first-order valence-corrected chi connectivity index (χ1v) is 12.0. The van der Waals surface area contributed by atoms with Crippen molar-refractivity contribution in [2.45, 2.75) is 52.5 Å². The van der Waals surface area contributed by atoms with Crippen LogP contribution in [0.15, 0.2) is 76.1 Å². The molecule has 2 heterocycles. The largest absolute Gasteiger partial charge is 0.459 e. The number of fused-ring (bicyclic) bond motifs is 1. The molecule has 1 amide bonds. The third-order valence-electron chi connectivity index (χ3n) is 6.12. The number of benzene rings is 2. The van der Waals surface area contributed by atoms with Gasteiger partial charge in [0.15, 0.2) is 5.76 Å². The Morgan fingerprint density at radius 3 is 2.59 bits per heavy atom. The zero-order valence-corrected chi connectivity index (χ0v) is 20.0. The number of carbonyl (C=O) groups excluding carboxylic acids is 1. The van der Waals surface area contributed by atoms with Crippen molar-refractivity contribution >= 4 is 16.8 Å². The quantitative estimate of drug-likeness (QED) is 0.286. The van der Waals surface area contributed by atoms with Gasteiger partial charge in [-0.3, -0.25) is 14.2 Å². The van der Waals surface area contributed by atoms with Gasteiger partial charge in [-0.1, -0.05) is 51.0 Å². The zero-order valence-electron chi connectivity index (χ0n) is 20.0. The molecule has 34 heavy (non-hydrogen) atoms. The standard InChI is InChI=1S/C28H31N3O3/c1-4-6-9-17-30(28(33)25-16-11-18-34-25)24(5-2)26-29-23-15-8-7-14-22(23)27(32)31(26)21-13-10-12-20(3)19-21/h7-8,10-16,18-19,24H,4-6,9,17H2,1-3H3. The van der Waals surface area contributed by atoms with Crippen LogP contribution in [0.4, 0.5) is 0 Å². The van der Waals surface area contributed by atoms with Crippen molar-refractivity contribution in [1.82, 2.24) is 14.5 Å². The second kappa shape index (κ2) is 10.5. The van der Waals surface area contributed by atoms with Crippen LogP contribution in [-0.2, 0) is 0 Å². The molecule has 0 radical (unpaired) electrons. The summed E-state index contributed by atoms with van der Waals surface area (Å²) in [6.45, 7) is 6.71. The maximum absolute atomic E-state index is 13.8. The topological polar surface area (TPSA) is 68.3 Å². The summed E-state index contributed by atoms with van der Waals surface area (Å²) in [6.07, 6.45) is 5.03. The highest BCUT2D eigenvalue weighted by Crippen LogP contribution is 2.28. The van der Waals surface area contributed by atoms with Gasteiger partial charge >= 0.3 is 0 Å². The fourth-order valence-electron chi connectivity index (χ4n) is 4.41. The molecule has 6 nitrogen and oxygen atoms in total. The lowest BCUT2D eigenvalue weighted by molar-refractivity contribution is 0.0622. The van der Waals surface area contributed by atoms with Gasteiger partial charge in [-0.25, -0.2) is 4.98 Å². The number of carbonyl (C=O) groups is 1. The van der Waals surface area contributed by atoms with E-state index in [-0.39, 0.29) is 11.5 Å². The summed E-state index contributed by atoms with van der Waals surface area (Å²) in [7, 11) is 0. The Morgan fingerprint density at radius 1 is 1.06 bits per heavy atom. The summed E-state index contributed by atoms with van der Waals surface area (Å²) in [4.78, 5) is 34.1. The van der Waals surface area contributed by atoms with E-state index in [2.05, 4.69) is 6.92 Å². The van der Waals surface area contributed by atoms with E-state index in [1.807, 2.05) is 61.2 Å². The first kappa shape index (κ1) is 23.5. The summed E-state index contributed by atoms with van der Waals surface area (Å²) in [6, 6.07) is 18.2. The van der Waals surface area contributed by atoms with Gasteiger partial charge in [0.2, 0.25) is 0 Å². The van der Waals surface area contributed by atoms with Crippen molar-refractivity contribution in [2.24, 2.45) is 0 Å². The number of nitrogens with zero attached hydrogens (tertiary/aromatic N) is 3. The second-order valence-electron chi connectivity index (χ2n) is 8.57. The van der Waals surface area contributed by atoms with Crippen molar-refractivity contribution in [3.05, 3.63) is 94.4 Å². The number of aromatic nitrogens is 2. The van der Waals surface area contributed by atoms with Crippen LogP contribution in [0.3, 0.4) is 0 Å². The molecule has 1 unspecified atom stereocenters. The number of rotatable bonds is 9. The summed E-state index contributed by atoms with van der Waals surface area (Å²) >= 11 is 0. The first-order valence-electron chi connectivity index (χ1n) is 12.0. The second-order valence-corrected chi connectivity index (χ2v) is 8.57. The van der Waals surface area contributed by atoms with Gasteiger partial charge in [-0.05, 0) is 61.7 Å². The highest BCUT2D eigenvalue weighted by Gasteiger charge is 2.30. The molecule has 2 aromatic carbocycles. The molecule has 1 atom stereocenters. The van der Waals surface area contributed by atoms with E-state index in [0.717, 1.165) is 30.5 Å². The van der Waals surface area contributed by atoms with Crippen LogP contribution in [-0.4, -0.2) is 26.9 Å². The highest BCUT2D eigenvalue weighted by atomic mass is 16.3. The van der Waals surface area contributed by atoms with Gasteiger partial charge in [0.1, 0.15) is 5.82 Å². The number of para-hydroxylation sites is 1. The van der Waals surface area contributed by atoms with Crippen LogP contribution >= 0.6 is 0 Å². The predicted octanol–water partition coefficient (Wildman–Crippen LogP) is 6.07. The summed E-state index contributed by atoms with van der Waals surface area (Å²) < 4.78 is 7.13. The summed E-state index contributed by atoms with van der Waals surface area (Å²) in [5.74, 6) is 0.666. The molecule has 6 heteroatoms. The molecular weight excluding hydrogens is 426 g/mol. The molecule has 0 fully saturated rings. The van der Waals surface area contributed by atoms with Crippen LogP contribution in [0.1, 0.15) is 67.5 Å². The van der Waals surface area contributed by atoms with Gasteiger partial charge in [0.05, 0.1) is 28.9 Å². The van der Waals surface area contributed by atoms with Crippen LogP contribution in [0.25, 0.3) is 16.6 Å². The molecule has 0 saturated heterocycles. The zero-order chi connectivity index (χ0) is 24.1. The Balaban J connectivity index is 1.93. The van der Waals surface area contributed by atoms with Gasteiger partial charge in [0, 0.05) is 6.54 Å².